The molecular weight excluding hydrogens is 319 g/mol. The lowest BCUT2D eigenvalue weighted by atomic mass is 10.2. The lowest BCUT2D eigenvalue weighted by molar-refractivity contribution is 0.102. The number of carbonyl (C=O) groups is 1. The van der Waals surface area contributed by atoms with Crippen molar-refractivity contribution >= 4 is 23.5 Å². The smallest absolute Gasteiger partial charge is 0.258 e. The number of halogens is 2. The maximum absolute atomic E-state index is 13.6. The molecule has 0 aliphatic carbocycles. The number of hydrogen-bond acceptors (Lipinski definition) is 3. The van der Waals surface area contributed by atoms with Gasteiger partial charge in [-0.3, -0.25) is 10.1 Å². The second-order valence-electron chi connectivity index (χ2n) is 4.82. The Kier molecular flexibility index (Phi) is 4.34. The molecule has 1 N–H and O–H groups in total. The highest BCUT2D eigenvalue weighted by Crippen LogP contribution is 2.11. The van der Waals surface area contributed by atoms with Crippen LogP contribution in [0.15, 0.2) is 54.9 Å². The van der Waals surface area contributed by atoms with Crippen LogP contribution in [-0.2, 0) is 6.54 Å². The van der Waals surface area contributed by atoms with Crippen LogP contribution in [0.5, 0.6) is 0 Å². The second kappa shape index (κ2) is 6.58. The van der Waals surface area contributed by atoms with Gasteiger partial charge in [0.1, 0.15) is 12.1 Å². The number of nitrogens with one attached hydrogen (secondary N) is 1. The van der Waals surface area contributed by atoms with Gasteiger partial charge < -0.3 is 0 Å². The van der Waals surface area contributed by atoms with Crippen LogP contribution in [0.1, 0.15) is 15.9 Å². The van der Waals surface area contributed by atoms with E-state index < -0.39 is 0 Å². The van der Waals surface area contributed by atoms with E-state index in [1.54, 1.807) is 42.5 Å². The van der Waals surface area contributed by atoms with Gasteiger partial charge in [0.25, 0.3) is 5.91 Å². The van der Waals surface area contributed by atoms with Crippen molar-refractivity contribution in [2.24, 2.45) is 0 Å². The molecule has 0 aliphatic heterocycles. The molecule has 0 saturated carbocycles. The molecule has 116 valence electrons. The van der Waals surface area contributed by atoms with Crippen LogP contribution < -0.4 is 5.32 Å². The Balaban J connectivity index is 1.68. The van der Waals surface area contributed by atoms with Crippen molar-refractivity contribution in [2.75, 3.05) is 5.32 Å². The molecule has 5 nitrogen and oxygen atoms in total. The number of hydrogen-bond donors (Lipinski definition) is 1. The average molecular weight is 331 g/mol. The summed E-state index contributed by atoms with van der Waals surface area (Å²) in [5.74, 6) is -0.499. The largest absolute Gasteiger partial charge is 0.289 e. The van der Waals surface area contributed by atoms with Crippen LogP contribution in [0.3, 0.4) is 0 Å². The molecule has 2 aromatic carbocycles. The Bertz CT molecular complexity index is 832. The van der Waals surface area contributed by atoms with Crippen LogP contribution in [0.4, 0.5) is 10.3 Å². The van der Waals surface area contributed by atoms with E-state index in [0.717, 1.165) is 0 Å². The molecule has 0 saturated heterocycles. The molecule has 0 atom stereocenters. The molecule has 0 fully saturated rings. The van der Waals surface area contributed by atoms with E-state index in [0.29, 0.717) is 16.1 Å². The first kappa shape index (κ1) is 15.2. The summed E-state index contributed by atoms with van der Waals surface area (Å²) < 4.78 is 15.1. The van der Waals surface area contributed by atoms with Crippen LogP contribution in [0, 0.1) is 5.82 Å². The Morgan fingerprint density at radius 2 is 1.91 bits per heavy atom. The summed E-state index contributed by atoms with van der Waals surface area (Å²) in [5, 5.41) is 7.24. The van der Waals surface area contributed by atoms with Gasteiger partial charge in [0, 0.05) is 16.1 Å². The maximum atomic E-state index is 13.6. The first-order valence-corrected chi connectivity index (χ1v) is 7.19. The van der Waals surface area contributed by atoms with Gasteiger partial charge in [-0.2, -0.15) is 0 Å². The first-order chi connectivity index (χ1) is 11.1. The zero-order valence-corrected chi connectivity index (χ0v) is 12.7. The average Bonchev–Trinajstić information content (AvgIpc) is 2.97. The lowest BCUT2D eigenvalue weighted by Crippen LogP contribution is -2.13. The van der Waals surface area contributed by atoms with E-state index in [2.05, 4.69) is 15.4 Å². The minimum absolute atomic E-state index is 0.154. The quantitative estimate of drug-likeness (QED) is 0.798. The van der Waals surface area contributed by atoms with Crippen molar-refractivity contribution in [1.29, 1.82) is 0 Å². The summed E-state index contributed by atoms with van der Waals surface area (Å²) in [4.78, 5) is 16.0. The van der Waals surface area contributed by atoms with E-state index in [1.807, 2.05) is 0 Å². The summed E-state index contributed by atoms with van der Waals surface area (Å²) in [6.45, 7) is 0.233. The predicted octanol–water partition coefficient (Wildman–Crippen LogP) is 3.37. The van der Waals surface area contributed by atoms with Crippen LogP contribution in [0.2, 0.25) is 5.02 Å². The third kappa shape index (κ3) is 3.73. The highest BCUT2D eigenvalue weighted by Gasteiger charge is 2.10. The lowest BCUT2D eigenvalue weighted by Gasteiger charge is -2.03. The van der Waals surface area contributed by atoms with Crippen molar-refractivity contribution in [3.8, 4) is 0 Å². The first-order valence-electron chi connectivity index (χ1n) is 6.81. The molecule has 3 aromatic rings. The Hall–Kier alpha value is -2.73. The summed E-state index contributed by atoms with van der Waals surface area (Å²) in [6.07, 6.45) is 1.43. The zero-order valence-electron chi connectivity index (χ0n) is 11.9. The number of nitrogens with zero attached hydrogens (tertiary/aromatic N) is 3. The van der Waals surface area contributed by atoms with Gasteiger partial charge in [0.2, 0.25) is 5.95 Å². The Morgan fingerprint density at radius 3 is 2.65 bits per heavy atom. The maximum Gasteiger partial charge on any atom is 0.258 e. The fourth-order valence-corrected chi connectivity index (χ4v) is 2.13. The monoisotopic (exact) mass is 330 g/mol. The van der Waals surface area contributed by atoms with Crippen molar-refractivity contribution in [3.63, 3.8) is 0 Å². The van der Waals surface area contributed by atoms with Gasteiger partial charge in [-0.25, -0.2) is 14.1 Å². The number of amides is 1. The fraction of sp³-hybridized carbons (Fsp3) is 0.0625. The molecule has 23 heavy (non-hydrogen) atoms. The van der Waals surface area contributed by atoms with Crippen molar-refractivity contribution in [1.82, 2.24) is 14.8 Å². The highest BCUT2D eigenvalue weighted by molar-refractivity contribution is 6.30. The third-order valence-electron chi connectivity index (χ3n) is 3.16. The van der Waals surface area contributed by atoms with Gasteiger partial charge in [-0.05, 0) is 30.3 Å². The second-order valence-corrected chi connectivity index (χ2v) is 5.25. The van der Waals surface area contributed by atoms with Crippen molar-refractivity contribution in [3.05, 3.63) is 76.8 Å². The molecule has 0 bridgehead atoms. The number of rotatable bonds is 4. The summed E-state index contributed by atoms with van der Waals surface area (Å²) in [6, 6.07) is 12.9. The van der Waals surface area contributed by atoms with Gasteiger partial charge in [-0.1, -0.05) is 29.8 Å². The molecule has 7 heteroatoms. The summed E-state index contributed by atoms with van der Waals surface area (Å²) in [5.41, 5.74) is 0.938. The Morgan fingerprint density at radius 1 is 1.17 bits per heavy atom. The number of carbonyl (C=O) groups excluding carboxylic acids is 1. The van der Waals surface area contributed by atoms with E-state index >= 15 is 0 Å². The molecule has 0 spiro atoms. The summed E-state index contributed by atoms with van der Waals surface area (Å²) >= 11 is 5.78. The predicted molar refractivity (Wildman–Crippen MR) is 84.9 cm³/mol. The van der Waals surface area contributed by atoms with E-state index in [4.69, 9.17) is 11.6 Å². The fourth-order valence-electron chi connectivity index (χ4n) is 2.00. The van der Waals surface area contributed by atoms with Gasteiger partial charge >= 0.3 is 0 Å². The van der Waals surface area contributed by atoms with E-state index in [1.165, 1.54) is 17.1 Å². The van der Waals surface area contributed by atoms with Crippen molar-refractivity contribution in [2.45, 2.75) is 6.54 Å². The van der Waals surface area contributed by atoms with Crippen LogP contribution in [-0.4, -0.2) is 20.7 Å². The van der Waals surface area contributed by atoms with Gasteiger partial charge in [0.15, 0.2) is 0 Å². The SMILES string of the molecule is O=C(Nc1ncn(Cc2ccccc2F)n1)c1ccc(Cl)cc1. The Labute approximate surface area is 136 Å². The van der Waals surface area contributed by atoms with Gasteiger partial charge in [0.05, 0.1) is 6.54 Å². The molecule has 3 rings (SSSR count). The molecule has 0 radical (unpaired) electrons. The van der Waals surface area contributed by atoms with Crippen LogP contribution >= 0.6 is 11.6 Å². The van der Waals surface area contributed by atoms with Crippen molar-refractivity contribution < 1.29 is 9.18 Å². The standard InChI is InChI=1S/C16H12ClFN4O/c17-13-7-5-11(6-8-13)15(23)20-16-19-10-22(21-16)9-12-3-1-2-4-14(12)18/h1-8,10H,9H2,(H,20,21,23). The number of benzene rings is 2. The van der Waals surface area contributed by atoms with Gasteiger partial charge in [-0.15, -0.1) is 5.10 Å². The minimum atomic E-state index is -0.342. The summed E-state index contributed by atoms with van der Waals surface area (Å²) in [7, 11) is 0. The minimum Gasteiger partial charge on any atom is -0.289 e. The zero-order chi connectivity index (χ0) is 16.2. The third-order valence-corrected chi connectivity index (χ3v) is 3.41. The highest BCUT2D eigenvalue weighted by atomic mass is 35.5. The van der Waals surface area contributed by atoms with Crippen LogP contribution in [0.25, 0.3) is 0 Å². The molecule has 0 unspecified atom stereocenters. The molecule has 1 heterocycles. The number of anilines is 1. The molecule has 1 amide bonds. The normalized spacial score (nSPS) is 10.5. The molecular formula is C16H12ClFN4O. The number of aromatic nitrogens is 3. The van der Waals surface area contributed by atoms with E-state index in [9.17, 15) is 9.18 Å². The molecule has 0 aliphatic rings. The van der Waals surface area contributed by atoms with E-state index in [-0.39, 0.29) is 24.2 Å². The molecule has 1 aromatic heterocycles. The topological polar surface area (TPSA) is 59.8 Å².